The second-order valence-corrected chi connectivity index (χ2v) is 5.53. The van der Waals surface area contributed by atoms with Crippen LogP contribution < -0.4 is 0 Å². The van der Waals surface area contributed by atoms with Crippen molar-refractivity contribution in [3.63, 3.8) is 0 Å². The maximum Gasteiger partial charge on any atom is 0.196 e. The molecule has 0 atom stereocenters. The number of hydrogen-bond donors (Lipinski definition) is 1. The molecule has 3 rings (SSSR count). The van der Waals surface area contributed by atoms with Gasteiger partial charge in [0.15, 0.2) is 4.77 Å². The molecule has 19 heavy (non-hydrogen) atoms. The Balaban J connectivity index is 1.77. The predicted octanol–water partition coefficient (Wildman–Crippen LogP) is 3.01. The zero-order valence-corrected chi connectivity index (χ0v) is 11.8. The number of nitrogens with one attached hydrogen (secondary N) is 1. The van der Waals surface area contributed by atoms with Crippen LogP contribution in [0.2, 0.25) is 0 Å². The summed E-state index contributed by atoms with van der Waals surface area (Å²) in [5.74, 6) is 0. The fourth-order valence-corrected chi connectivity index (χ4v) is 2.77. The Hall–Kier alpha value is -1.52. The van der Waals surface area contributed by atoms with Gasteiger partial charge < -0.3 is 4.98 Å². The smallest absolute Gasteiger partial charge is 0.196 e. The van der Waals surface area contributed by atoms with E-state index in [1.165, 1.54) is 22.4 Å². The molecule has 1 aromatic carbocycles. The summed E-state index contributed by atoms with van der Waals surface area (Å²) in [6.07, 6.45) is 2.96. The molecular formula is C15H17N3S. The third-order valence-corrected chi connectivity index (χ3v) is 3.76. The Kier molecular flexibility index (Phi) is 3.44. The molecular weight excluding hydrogens is 254 g/mol. The first kappa shape index (κ1) is 12.5. The lowest BCUT2D eigenvalue weighted by Gasteiger charge is -2.28. The van der Waals surface area contributed by atoms with Gasteiger partial charge in [0.1, 0.15) is 0 Å². The lowest BCUT2D eigenvalue weighted by molar-refractivity contribution is 0.241. The van der Waals surface area contributed by atoms with Crippen LogP contribution in [0.5, 0.6) is 0 Å². The van der Waals surface area contributed by atoms with Crippen molar-refractivity contribution in [2.45, 2.75) is 26.4 Å². The number of hydrogen-bond acceptors (Lipinski definition) is 3. The molecule has 0 saturated heterocycles. The van der Waals surface area contributed by atoms with Crippen LogP contribution >= 0.6 is 12.2 Å². The van der Waals surface area contributed by atoms with E-state index in [0.717, 1.165) is 26.1 Å². The number of aryl methyl sites for hydroxylation is 1. The molecule has 1 N–H and O–H groups in total. The Bertz CT molecular complexity index is 648. The van der Waals surface area contributed by atoms with Crippen molar-refractivity contribution in [1.82, 2.24) is 14.9 Å². The monoisotopic (exact) mass is 271 g/mol. The molecule has 3 nitrogen and oxygen atoms in total. The Labute approximate surface area is 118 Å². The van der Waals surface area contributed by atoms with Gasteiger partial charge in [-0.1, -0.05) is 29.8 Å². The van der Waals surface area contributed by atoms with Gasteiger partial charge in [-0.3, -0.25) is 4.90 Å². The minimum Gasteiger partial charge on any atom is -0.333 e. The second-order valence-electron chi connectivity index (χ2n) is 5.14. The molecule has 2 aromatic rings. The van der Waals surface area contributed by atoms with Crippen LogP contribution in [-0.4, -0.2) is 21.4 Å². The van der Waals surface area contributed by atoms with Crippen LogP contribution in [0, 0.1) is 11.7 Å². The molecule has 1 aliphatic rings. The topological polar surface area (TPSA) is 31.9 Å². The van der Waals surface area contributed by atoms with E-state index in [-0.39, 0.29) is 0 Å². The molecule has 4 heteroatoms. The van der Waals surface area contributed by atoms with E-state index in [2.05, 4.69) is 46.1 Å². The number of aromatic amines is 1. The van der Waals surface area contributed by atoms with E-state index in [1.54, 1.807) is 0 Å². The van der Waals surface area contributed by atoms with Crippen LogP contribution in [0.1, 0.15) is 22.4 Å². The summed E-state index contributed by atoms with van der Waals surface area (Å²) >= 11 is 5.10. The average Bonchev–Trinajstić information content (AvgIpc) is 2.38. The number of H-pyrrole nitrogens is 1. The van der Waals surface area contributed by atoms with E-state index < -0.39 is 0 Å². The first-order valence-corrected chi connectivity index (χ1v) is 6.96. The highest BCUT2D eigenvalue weighted by Gasteiger charge is 2.16. The summed E-state index contributed by atoms with van der Waals surface area (Å²) in [5.41, 5.74) is 5.21. The third kappa shape index (κ3) is 2.91. The Morgan fingerprint density at radius 2 is 2.32 bits per heavy atom. The Morgan fingerprint density at radius 3 is 3.16 bits per heavy atom. The highest BCUT2D eigenvalue weighted by atomic mass is 32.1. The molecule has 0 aliphatic carbocycles. The SMILES string of the molecule is Cc1cccc(CN2CCc3cnc(=S)[nH]c3C2)c1. The van der Waals surface area contributed by atoms with Crippen molar-refractivity contribution in [2.24, 2.45) is 0 Å². The normalized spacial score (nSPS) is 15.2. The predicted molar refractivity (Wildman–Crippen MR) is 78.4 cm³/mol. The largest absolute Gasteiger partial charge is 0.333 e. The highest BCUT2D eigenvalue weighted by Crippen LogP contribution is 2.18. The van der Waals surface area contributed by atoms with E-state index in [9.17, 15) is 0 Å². The fourth-order valence-electron chi connectivity index (χ4n) is 2.60. The van der Waals surface area contributed by atoms with Gasteiger partial charge in [0, 0.05) is 31.5 Å². The zero-order chi connectivity index (χ0) is 13.2. The van der Waals surface area contributed by atoms with Crippen LogP contribution in [0.15, 0.2) is 30.5 Å². The summed E-state index contributed by atoms with van der Waals surface area (Å²) in [6, 6.07) is 8.71. The first-order chi connectivity index (χ1) is 9.20. The van der Waals surface area contributed by atoms with Gasteiger partial charge in [0.2, 0.25) is 0 Å². The summed E-state index contributed by atoms with van der Waals surface area (Å²) in [7, 11) is 0. The molecule has 1 aliphatic heterocycles. The van der Waals surface area contributed by atoms with Crippen molar-refractivity contribution in [2.75, 3.05) is 6.54 Å². The van der Waals surface area contributed by atoms with Crippen molar-refractivity contribution in [1.29, 1.82) is 0 Å². The third-order valence-electron chi connectivity index (χ3n) is 3.55. The van der Waals surface area contributed by atoms with E-state index in [0.29, 0.717) is 4.77 Å². The standard InChI is InChI=1S/C15H17N3S/c1-11-3-2-4-12(7-11)9-18-6-5-13-8-16-15(19)17-14(13)10-18/h2-4,7-8H,5-6,9-10H2,1H3,(H,16,17,19). The maximum atomic E-state index is 5.10. The summed E-state index contributed by atoms with van der Waals surface area (Å²) in [6.45, 7) is 5.13. The number of benzene rings is 1. The molecule has 0 saturated carbocycles. The summed E-state index contributed by atoms with van der Waals surface area (Å²) in [4.78, 5) is 9.82. The van der Waals surface area contributed by atoms with Crippen LogP contribution in [0.4, 0.5) is 0 Å². The molecule has 98 valence electrons. The van der Waals surface area contributed by atoms with Gasteiger partial charge >= 0.3 is 0 Å². The van der Waals surface area contributed by atoms with Crippen molar-refractivity contribution in [3.05, 3.63) is 57.6 Å². The second kappa shape index (κ2) is 5.23. The van der Waals surface area contributed by atoms with Crippen molar-refractivity contribution >= 4 is 12.2 Å². The molecule has 0 amide bonds. The minimum absolute atomic E-state index is 0.580. The Morgan fingerprint density at radius 1 is 1.42 bits per heavy atom. The lowest BCUT2D eigenvalue weighted by atomic mass is 10.1. The maximum absolute atomic E-state index is 5.10. The molecule has 0 radical (unpaired) electrons. The minimum atomic E-state index is 0.580. The van der Waals surface area contributed by atoms with Crippen molar-refractivity contribution < 1.29 is 0 Å². The van der Waals surface area contributed by atoms with Gasteiger partial charge in [0.05, 0.1) is 0 Å². The van der Waals surface area contributed by atoms with Crippen LogP contribution in [0.3, 0.4) is 0 Å². The molecule has 0 fully saturated rings. The van der Waals surface area contributed by atoms with Gasteiger partial charge in [-0.15, -0.1) is 0 Å². The molecule has 1 aromatic heterocycles. The molecule has 0 unspecified atom stereocenters. The summed E-state index contributed by atoms with van der Waals surface area (Å²) < 4.78 is 0.580. The average molecular weight is 271 g/mol. The number of nitrogens with zero attached hydrogens (tertiary/aromatic N) is 2. The van der Waals surface area contributed by atoms with Gasteiger partial charge in [0.25, 0.3) is 0 Å². The van der Waals surface area contributed by atoms with E-state index in [1.807, 2.05) is 6.20 Å². The molecule has 2 heterocycles. The van der Waals surface area contributed by atoms with Crippen molar-refractivity contribution in [3.8, 4) is 0 Å². The molecule has 0 spiro atoms. The first-order valence-electron chi connectivity index (χ1n) is 6.56. The highest BCUT2D eigenvalue weighted by molar-refractivity contribution is 7.71. The lowest BCUT2D eigenvalue weighted by Crippen LogP contribution is -2.31. The van der Waals surface area contributed by atoms with Gasteiger partial charge in [-0.05, 0) is 36.7 Å². The van der Waals surface area contributed by atoms with E-state index in [4.69, 9.17) is 12.2 Å². The fraction of sp³-hybridized carbons (Fsp3) is 0.333. The zero-order valence-electron chi connectivity index (χ0n) is 11.0. The summed E-state index contributed by atoms with van der Waals surface area (Å²) in [5, 5.41) is 0. The van der Waals surface area contributed by atoms with Gasteiger partial charge in [-0.25, -0.2) is 4.98 Å². The number of fused-ring (bicyclic) bond motifs is 1. The molecule has 0 bridgehead atoms. The van der Waals surface area contributed by atoms with Gasteiger partial charge in [-0.2, -0.15) is 0 Å². The van der Waals surface area contributed by atoms with Crippen LogP contribution in [0.25, 0.3) is 0 Å². The quantitative estimate of drug-likeness (QED) is 0.852. The van der Waals surface area contributed by atoms with Crippen LogP contribution in [-0.2, 0) is 19.5 Å². The number of rotatable bonds is 2. The number of aromatic nitrogens is 2. The van der Waals surface area contributed by atoms with E-state index >= 15 is 0 Å².